The van der Waals surface area contributed by atoms with E-state index in [2.05, 4.69) is 48.9 Å². The van der Waals surface area contributed by atoms with Crippen molar-refractivity contribution < 1.29 is 13.2 Å². The normalized spacial score (nSPS) is 11.5. The van der Waals surface area contributed by atoms with E-state index in [-0.39, 0.29) is 27.7 Å². The molecule has 0 aliphatic heterocycles. The van der Waals surface area contributed by atoms with Crippen LogP contribution in [0.4, 0.5) is 16.2 Å². The molecule has 0 fully saturated rings. The molecule has 2 amide bonds. The van der Waals surface area contributed by atoms with Gasteiger partial charge in [0.25, 0.3) is 0 Å². The van der Waals surface area contributed by atoms with Crippen LogP contribution in [0.2, 0.25) is 5.02 Å². The highest BCUT2D eigenvalue weighted by Crippen LogP contribution is 2.30. The minimum absolute atomic E-state index is 0.0609. The number of hydrogen-bond donors (Lipinski definition) is 2. The Kier molecular flexibility index (Phi) is 7.06. The molecule has 8 heteroatoms. The maximum Gasteiger partial charge on any atom is 0.321 e. The summed E-state index contributed by atoms with van der Waals surface area (Å²) in [5, 5.41) is 2.88. The Labute approximate surface area is 183 Å². The molecule has 0 saturated heterocycles. The third kappa shape index (κ3) is 6.41. The number of halogens is 1. The molecule has 2 aromatic carbocycles. The van der Waals surface area contributed by atoms with E-state index in [9.17, 15) is 13.2 Å². The fraction of sp³-hybridized carbons (Fsp3) is 0.318. The lowest BCUT2D eigenvalue weighted by Gasteiger charge is -2.21. The molecule has 0 aromatic heterocycles. The second-order valence-corrected chi connectivity index (χ2v) is 10.3. The van der Waals surface area contributed by atoms with Gasteiger partial charge in [0.05, 0.1) is 28.2 Å². The summed E-state index contributed by atoms with van der Waals surface area (Å²) in [6, 6.07) is 10.6. The Balaban J connectivity index is 2.14. The summed E-state index contributed by atoms with van der Waals surface area (Å²) in [6.07, 6.45) is 6.49. The van der Waals surface area contributed by atoms with Gasteiger partial charge in [-0.3, -0.25) is 4.72 Å². The number of carbonyl (C=O) groups is 1. The number of terminal acetylenes is 1. The molecule has 0 aliphatic carbocycles. The van der Waals surface area contributed by atoms with Crippen LogP contribution >= 0.6 is 11.6 Å². The van der Waals surface area contributed by atoms with Gasteiger partial charge in [-0.2, -0.15) is 0 Å². The smallest absolute Gasteiger partial charge is 0.321 e. The maximum absolute atomic E-state index is 12.6. The SMILES string of the molecule is C#Cc1cc(NC(=O)N(C)Cc2ccc(C(C)(C)C)cc2)c(Cl)cc1NS(C)(=O)=O. The number of benzene rings is 2. The first-order valence-corrected chi connectivity index (χ1v) is 11.5. The van der Waals surface area contributed by atoms with Gasteiger partial charge < -0.3 is 10.2 Å². The van der Waals surface area contributed by atoms with Gasteiger partial charge in [-0.05, 0) is 28.7 Å². The standard InChI is InChI=1S/C22H26ClN3O3S/c1-7-16-12-20(18(23)13-19(16)25-30(6,28)29)24-21(27)26(5)14-15-8-10-17(11-9-15)22(2,3)4/h1,8-13,25H,14H2,2-6H3,(H,24,27). The van der Waals surface area contributed by atoms with Gasteiger partial charge in [-0.15, -0.1) is 6.42 Å². The Hall–Kier alpha value is -2.69. The summed E-state index contributed by atoms with van der Waals surface area (Å²) in [5.41, 5.74) is 3.00. The Morgan fingerprint density at radius 3 is 2.27 bits per heavy atom. The van der Waals surface area contributed by atoms with Crippen LogP contribution in [0.1, 0.15) is 37.5 Å². The fourth-order valence-electron chi connectivity index (χ4n) is 2.74. The molecule has 2 rings (SSSR count). The highest BCUT2D eigenvalue weighted by atomic mass is 35.5. The van der Waals surface area contributed by atoms with Gasteiger partial charge in [0, 0.05) is 13.6 Å². The van der Waals surface area contributed by atoms with Crippen LogP contribution in [0.5, 0.6) is 0 Å². The number of carbonyl (C=O) groups excluding carboxylic acids is 1. The van der Waals surface area contributed by atoms with Crippen LogP contribution in [-0.2, 0) is 22.0 Å². The van der Waals surface area contributed by atoms with Gasteiger partial charge in [0.1, 0.15) is 0 Å². The van der Waals surface area contributed by atoms with Crippen LogP contribution in [-0.4, -0.2) is 32.7 Å². The van der Waals surface area contributed by atoms with E-state index in [1.807, 2.05) is 12.1 Å². The van der Waals surface area contributed by atoms with Crippen molar-refractivity contribution in [2.75, 3.05) is 23.3 Å². The summed E-state index contributed by atoms with van der Waals surface area (Å²) < 4.78 is 25.3. The lowest BCUT2D eigenvalue weighted by Crippen LogP contribution is -2.31. The maximum atomic E-state index is 12.6. The number of rotatable bonds is 5. The summed E-state index contributed by atoms with van der Waals surface area (Å²) in [5.74, 6) is 2.39. The first kappa shape index (κ1) is 23.6. The predicted octanol–water partition coefficient (Wildman–Crippen LogP) is 4.65. The summed E-state index contributed by atoms with van der Waals surface area (Å²) in [4.78, 5) is 14.1. The number of amides is 2. The van der Waals surface area contributed by atoms with E-state index in [0.717, 1.165) is 11.8 Å². The molecule has 30 heavy (non-hydrogen) atoms. The van der Waals surface area contributed by atoms with Crippen molar-refractivity contribution in [3.63, 3.8) is 0 Å². The number of hydrogen-bond acceptors (Lipinski definition) is 3. The van der Waals surface area contributed by atoms with E-state index in [0.29, 0.717) is 12.2 Å². The molecule has 6 nitrogen and oxygen atoms in total. The Morgan fingerprint density at radius 1 is 1.17 bits per heavy atom. The van der Waals surface area contributed by atoms with Gasteiger partial charge >= 0.3 is 6.03 Å². The molecule has 160 valence electrons. The number of sulfonamides is 1. The molecule has 0 spiro atoms. The van der Waals surface area contributed by atoms with Crippen molar-refractivity contribution in [3.8, 4) is 12.3 Å². The van der Waals surface area contributed by atoms with Crippen LogP contribution in [0.3, 0.4) is 0 Å². The molecule has 0 saturated carbocycles. The monoisotopic (exact) mass is 447 g/mol. The highest BCUT2D eigenvalue weighted by molar-refractivity contribution is 7.92. The molecule has 2 N–H and O–H groups in total. The van der Waals surface area contributed by atoms with Gasteiger partial charge in [-0.25, -0.2) is 13.2 Å². The minimum atomic E-state index is -3.52. The molecule has 0 bridgehead atoms. The van der Waals surface area contributed by atoms with E-state index in [1.54, 1.807) is 7.05 Å². The zero-order valence-corrected chi connectivity index (χ0v) is 19.3. The third-order valence-electron chi connectivity index (χ3n) is 4.39. The second-order valence-electron chi connectivity index (χ2n) is 8.13. The van der Waals surface area contributed by atoms with Crippen molar-refractivity contribution in [1.82, 2.24) is 4.90 Å². The molecule has 0 unspecified atom stereocenters. The van der Waals surface area contributed by atoms with Crippen molar-refractivity contribution in [3.05, 3.63) is 58.1 Å². The van der Waals surface area contributed by atoms with Crippen LogP contribution in [0.15, 0.2) is 36.4 Å². The topological polar surface area (TPSA) is 78.5 Å². The van der Waals surface area contributed by atoms with E-state index >= 15 is 0 Å². The van der Waals surface area contributed by atoms with Crippen LogP contribution < -0.4 is 10.0 Å². The average Bonchev–Trinajstić information content (AvgIpc) is 2.62. The largest absolute Gasteiger partial charge is 0.323 e. The molecule has 0 radical (unpaired) electrons. The van der Waals surface area contributed by atoms with Gasteiger partial charge in [0.2, 0.25) is 10.0 Å². The molecule has 0 atom stereocenters. The molecule has 2 aromatic rings. The molecule has 0 heterocycles. The zero-order valence-electron chi connectivity index (χ0n) is 17.7. The Bertz CT molecular complexity index is 1080. The van der Waals surface area contributed by atoms with E-state index < -0.39 is 10.0 Å². The van der Waals surface area contributed by atoms with Crippen molar-refractivity contribution in [2.24, 2.45) is 0 Å². The highest BCUT2D eigenvalue weighted by Gasteiger charge is 2.16. The Morgan fingerprint density at radius 2 is 1.77 bits per heavy atom. The zero-order chi connectivity index (χ0) is 22.7. The molecular weight excluding hydrogens is 422 g/mol. The minimum Gasteiger partial charge on any atom is -0.323 e. The number of nitrogens with one attached hydrogen (secondary N) is 2. The van der Waals surface area contributed by atoms with E-state index in [1.165, 1.54) is 22.6 Å². The first-order valence-electron chi connectivity index (χ1n) is 9.19. The van der Waals surface area contributed by atoms with Crippen molar-refractivity contribution >= 4 is 39.0 Å². The van der Waals surface area contributed by atoms with Crippen LogP contribution in [0, 0.1) is 12.3 Å². The second kappa shape index (κ2) is 8.99. The van der Waals surface area contributed by atoms with Gasteiger partial charge in [0.15, 0.2) is 0 Å². The number of anilines is 2. The average molecular weight is 448 g/mol. The van der Waals surface area contributed by atoms with Crippen molar-refractivity contribution in [1.29, 1.82) is 0 Å². The third-order valence-corrected chi connectivity index (χ3v) is 5.29. The lowest BCUT2D eigenvalue weighted by atomic mass is 9.87. The fourth-order valence-corrected chi connectivity index (χ4v) is 3.52. The molecule has 0 aliphatic rings. The summed E-state index contributed by atoms with van der Waals surface area (Å²) in [7, 11) is -1.85. The molecular formula is C22H26ClN3O3S. The van der Waals surface area contributed by atoms with E-state index in [4.69, 9.17) is 18.0 Å². The number of nitrogens with zero attached hydrogens (tertiary/aromatic N) is 1. The van der Waals surface area contributed by atoms with Crippen molar-refractivity contribution in [2.45, 2.75) is 32.7 Å². The lowest BCUT2D eigenvalue weighted by molar-refractivity contribution is 0.220. The first-order chi connectivity index (χ1) is 13.8. The predicted molar refractivity (Wildman–Crippen MR) is 123 cm³/mol. The summed E-state index contributed by atoms with van der Waals surface area (Å²) in [6.45, 7) is 6.84. The quantitative estimate of drug-likeness (QED) is 0.654. The summed E-state index contributed by atoms with van der Waals surface area (Å²) >= 11 is 6.22. The van der Waals surface area contributed by atoms with Crippen LogP contribution in [0.25, 0.3) is 0 Å². The number of urea groups is 1. The van der Waals surface area contributed by atoms with Gasteiger partial charge in [-0.1, -0.05) is 62.6 Å².